The molecule has 1 aliphatic carbocycles. The summed E-state index contributed by atoms with van der Waals surface area (Å²) in [6.07, 6.45) is 10.5. The fraction of sp³-hybridized carbons (Fsp3) is 0.467. The van der Waals surface area contributed by atoms with E-state index in [1.54, 1.807) is 6.20 Å². The second kappa shape index (κ2) is 5.87. The van der Waals surface area contributed by atoms with E-state index in [1.807, 2.05) is 16.9 Å². The third-order valence-electron chi connectivity index (χ3n) is 3.88. The van der Waals surface area contributed by atoms with Crippen LogP contribution in [0.25, 0.3) is 5.69 Å². The lowest BCUT2D eigenvalue weighted by atomic mass is 9.89. The van der Waals surface area contributed by atoms with E-state index in [4.69, 9.17) is 0 Å². The van der Waals surface area contributed by atoms with E-state index >= 15 is 0 Å². The minimum atomic E-state index is 0.817. The predicted octanol–water partition coefficient (Wildman–Crippen LogP) is 3.26. The summed E-state index contributed by atoms with van der Waals surface area (Å²) in [4.78, 5) is 0. The summed E-state index contributed by atoms with van der Waals surface area (Å²) in [5.41, 5.74) is 2.20. The smallest absolute Gasteiger partial charge is 0.0894 e. The number of benzene rings is 1. The molecular formula is C15H20N4. The lowest BCUT2D eigenvalue weighted by molar-refractivity contribution is 0.373. The second-order valence-electron chi connectivity index (χ2n) is 5.25. The van der Waals surface area contributed by atoms with Crippen molar-refractivity contribution in [1.82, 2.24) is 15.0 Å². The van der Waals surface area contributed by atoms with Crippen LogP contribution in [0.3, 0.4) is 0 Å². The highest BCUT2D eigenvalue weighted by Gasteiger charge is 2.13. The van der Waals surface area contributed by atoms with E-state index in [1.165, 1.54) is 32.1 Å². The Morgan fingerprint density at radius 1 is 1.16 bits per heavy atom. The quantitative estimate of drug-likeness (QED) is 0.913. The van der Waals surface area contributed by atoms with E-state index in [-0.39, 0.29) is 0 Å². The largest absolute Gasteiger partial charge is 0.383 e. The molecule has 19 heavy (non-hydrogen) atoms. The van der Waals surface area contributed by atoms with Crippen molar-refractivity contribution in [3.05, 3.63) is 36.7 Å². The molecule has 0 aliphatic heterocycles. The van der Waals surface area contributed by atoms with E-state index in [0.717, 1.165) is 23.8 Å². The molecule has 0 bridgehead atoms. The highest BCUT2D eigenvalue weighted by atomic mass is 15.4. The van der Waals surface area contributed by atoms with Crippen molar-refractivity contribution < 1.29 is 0 Å². The second-order valence-corrected chi connectivity index (χ2v) is 5.25. The van der Waals surface area contributed by atoms with Gasteiger partial charge in [-0.15, -0.1) is 5.10 Å². The monoisotopic (exact) mass is 256 g/mol. The summed E-state index contributed by atoms with van der Waals surface area (Å²) < 4.78 is 1.81. The Balaban J connectivity index is 1.70. The highest BCUT2D eigenvalue weighted by molar-refractivity contribution is 5.60. The van der Waals surface area contributed by atoms with Gasteiger partial charge in [0.1, 0.15) is 0 Å². The van der Waals surface area contributed by atoms with Gasteiger partial charge in [0.05, 0.1) is 23.8 Å². The van der Waals surface area contributed by atoms with Gasteiger partial charge in [0.2, 0.25) is 0 Å². The number of para-hydroxylation sites is 2. The summed E-state index contributed by atoms with van der Waals surface area (Å²) in [7, 11) is 0. The molecule has 0 amide bonds. The molecule has 1 fully saturated rings. The van der Waals surface area contributed by atoms with Gasteiger partial charge >= 0.3 is 0 Å². The Bertz CT molecular complexity index is 501. The molecule has 3 rings (SSSR count). The van der Waals surface area contributed by atoms with Crippen LogP contribution in [0.4, 0.5) is 5.69 Å². The number of hydrogen-bond donors (Lipinski definition) is 1. The maximum absolute atomic E-state index is 4.07. The first-order valence-electron chi connectivity index (χ1n) is 7.13. The molecule has 4 heteroatoms. The Labute approximate surface area is 113 Å². The van der Waals surface area contributed by atoms with Gasteiger partial charge in [0, 0.05) is 6.54 Å². The molecular weight excluding hydrogens is 236 g/mol. The summed E-state index contributed by atoms with van der Waals surface area (Å²) in [5, 5.41) is 11.5. The van der Waals surface area contributed by atoms with Crippen LogP contribution in [0.15, 0.2) is 36.7 Å². The van der Waals surface area contributed by atoms with Gasteiger partial charge in [-0.3, -0.25) is 0 Å². The van der Waals surface area contributed by atoms with Crippen molar-refractivity contribution in [3.8, 4) is 5.69 Å². The number of hydrogen-bond acceptors (Lipinski definition) is 3. The summed E-state index contributed by atoms with van der Waals surface area (Å²) in [6.45, 7) is 1.06. The van der Waals surface area contributed by atoms with Gasteiger partial charge in [-0.05, 0) is 30.9 Å². The van der Waals surface area contributed by atoms with Gasteiger partial charge in [-0.1, -0.05) is 36.6 Å². The first-order valence-corrected chi connectivity index (χ1v) is 7.13. The van der Waals surface area contributed by atoms with Crippen molar-refractivity contribution in [2.45, 2.75) is 32.1 Å². The number of aromatic nitrogens is 3. The first-order chi connectivity index (χ1) is 9.43. The van der Waals surface area contributed by atoms with Gasteiger partial charge < -0.3 is 5.32 Å². The molecule has 0 unspecified atom stereocenters. The molecule has 0 saturated heterocycles. The first kappa shape index (κ1) is 12.2. The SMILES string of the molecule is c1ccc(-n2ccnn2)c(NCC2CCCCC2)c1. The number of nitrogens with zero attached hydrogens (tertiary/aromatic N) is 3. The zero-order valence-corrected chi connectivity index (χ0v) is 11.1. The standard InChI is InChI=1S/C15H20N4/c1-2-6-13(7-3-1)12-16-14-8-4-5-9-15(14)19-11-10-17-18-19/h4-5,8-11,13,16H,1-3,6-7,12H2. The van der Waals surface area contributed by atoms with E-state index in [9.17, 15) is 0 Å². The lowest BCUT2D eigenvalue weighted by Crippen LogP contribution is -2.18. The van der Waals surface area contributed by atoms with Crippen molar-refractivity contribution in [2.75, 3.05) is 11.9 Å². The van der Waals surface area contributed by atoms with Crippen LogP contribution >= 0.6 is 0 Å². The highest BCUT2D eigenvalue weighted by Crippen LogP contribution is 2.25. The van der Waals surface area contributed by atoms with Crippen molar-refractivity contribution in [2.24, 2.45) is 5.92 Å². The molecule has 1 saturated carbocycles. The van der Waals surface area contributed by atoms with Gasteiger partial charge in [0.25, 0.3) is 0 Å². The minimum absolute atomic E-state index is 0.817. The average molecular weight is 256 g/mol. The van der Waals surface area contributed by atoms with Crippen molar-refractivity contribution in [1.29, 1.82) is 0 Å². The molecule has 1 aromatic carbocycles. The molecule has 2 aromatic rings. The molecule has 0 atom stereocenters. The average Bonchev–Trinajstić information content (AvgIpc) is 3.01. The van der Waals surface area contributed by atoms with Gasteiger partial charge in [0.15, 0.2) is 0 Å². The Morgan fingerprint density at radius 2 is 2.00 bits per heavy atom. The normalized spacial score (nSPS) is 16.4. The van der Waals surface area contributed by atoms with Gasteiger partial charge in [-0.2, -0.15) is 0 Å². The maximum Gasteiger partial charge on any atom is 0.0894 e. The maximum atomic E-state index is 4.07. The minimum Gasteiger partial charge on any atom is -0.383 e. The fourth-order valence-electron chi connectivity index (χ4n) is 2.81. The zero-order chi connectivity index (χ0) is 12.9. The lowest BCUT2D eigenvalue weighted by Gasteiger charge is -2.23. The van der Waals surface area contributed by atoms with Crippen molar-refractivity contribution >= 4 is 5.69 Å². The van der Waals surface area contributed by atoms with Crippen LogP contribution in [0.5, 0.6) is 0 Å². The van der Waals surface area contributed by atoms with E-state index in [0.29, 0.717) is 0 Å². The van der Waals surface area contributed by atoms with E-state index < -0.39 is 0 Å². The topological polar surface area (TPSA) is 42.7 Å². The zero-order valence-electron chi connectivity index (χ0n) is 11.1. The van der Waals surface area contributed by atoms with Crippen LogP contribution in [-0.2, 0) is 0 Å². The molecule has 1 heterocycles. The number of anilines is 1. The van der Waals surface area contributed by atoms with Crippen molar-refractivity contribution in [3.63, 3.8) is 0 Å². The molecule has 0 radical (unpaired) electrons. The van der Waals surface area contributed by atoms with Crippen LogP contribution in [0.2, 0.25) is 0 Å². The molecule has 100 valence electrons. The summed E-state index contributed by atoms with van der Waals surface area (Å²) in [5.74, 6) is 0.817. The number of nitrogens with one attached hydrogen (secondary N) is 1. The van der Waals surface area contributed by atoms with E-state index in [2.05, 4.69) is 33.8 Å². The Morgan fingerprint density at radius 3 is 2.79 bits per heavy atom. The Kier molecular flexibility index (Phi) is 3.77. The van der Waals surface area contributed by atoms with Crippen LogP contribution in [0, 0.1) is 5.92 Å². The van der Waals surface area contributed by atoms with Crippen LogP contribution in [-0.4, -0.2) is 21.5 Å². The third-order valence-corrected chi connectivity index (χ3v) is 3.88. The molecule has 1 aliphatic rings. The molecule has 1 aromatic heterocycles. The van der Waals surface area contributed by atoms with Crippen LogP contribution < -0.4 is 5.32 Å². The Hall–Kier alpha value is -1.84. The molecule has 0 spiro atoms. The predicted molar refractivity (Wildman–Crippen MR) is 76.4 cm³/mol. The van der Waals surface area contributed by atoms with Gasteiger partial charge in [-0.25, -0.2) is 4.68 Å². The number of rotatable bonds is 4. The fourth-order valence-corrected chi connectivity index (χ4v) is 2.81. The third kappa shape index (κ3) is 2.95. The van der Waals surface area contributed by atoms with Crippen LogP contribution in [0.1, 0.15) is 32.1 Å². The molecule has 1 N–H and O–H groups in total. The summed E-state index contributed by atoms with van der Waals surface area (Å²) in [6, 6.07) is 8.27. The molecule has 4 nitrogen and oxygen atoms in total. The summed E-state index contributed by atoms with van der Waals surface area (Å²) >= 11 is 0.